The van der Waals surface area contributed by atoms with Gasteiger partial charge in [0, 0.05) is 0 Å². The lowest BCUT2D eigenvalue weighted by atomic mass is 9.44. The van der Waals surface area contributed by atoms with E-state index in [9.17, 15) is 20.4 Å². The van der Waals surface area contributed by atoms with Gasteiger partial charge < -0.3 is 34.6 Å². The number of hydrogen-bond donors (Lipinski definition) is 4. The van der Waals surface area contributed by atoms with Crippen molar-refractivity contribution in [1.29, 1.82) is 0 Å². The number of rotatable bonds is 4. The highest BCUT2D eigenvalue weighted by Gasteiger charge is 2.62. The van der Waals surface area contributed by atoms with Gasteiger partial charge in [0.05, 0.1) is 24.4 Å². The van der Waals surface area contributed by atoms with Gasteiger partial charge in [-0.05, 0) is 75.0 Å². The van der Waals surface area contributed by atoms with E-state index in [-0.39, 0.29) is 24.2 Å². The van der Waals surface area contributed by atoms with Crippen molar-refractivity contribution in [2.75, 3.05) is 13.2 Å². The largest absolute Gasteiger partial charge is 0.394 e. The van der Waals surface area contributed by atoms with E-state index in [2.05, 4.69) is 27.7 Å². The Bertz CT molecular complexity index is 685. The maximum atomic E-state index is 10.3. The Labute approximate surface area is 192 Å². The first-order valence-electron chi connectivity index (χ1n) is 12.5. The predicted molar refractivity (Wildman–Crippen MR) is 119 cm³/mol. The maximum Gasteiger partial charge on any atom is 0.186 e. The lowest BCUT2D eigenvalue weighted by Crippen LogP contribution is -2.66. The van der Waals surface area contributed by atoms with Crippen molar-refractivity contribution in [3.05, 3.63) is 0 Å². The Balaban J connectivity index is 1.52. The molecular formula is C25H44O7. The van der Waals surface area contributed by atoms with Crippen LogP contribution < -0.4 is 0 Å². The van der Waals surface area contributed by atoms with Crippen molar-refractivity contribution in [1.82, 2.24) is 0 Å². The average molecular weight is 457 g/mol. The zero-order valence-electron chi connectivity index (χ0n) is 20.4. The molecule has 0 aromatic rings. The molecule has 0 amide bonds. The van der Waals surface area contributed by atoms with Gasteiger partial charge in [-0.3, -0.25) is 0 Å². The second-order valence-corrected chi connectivity index (χ2v) is 12.3. The molecule has 0 bridgehead atoms. The molecule has 4 rings (SSSR count). The van der Waals surface area contributed by atoms with Crippen LogP contribution in [0.3, 0.4) is 0 Å². The van der Waals surface area contributed by atoms with Gasteiger partial charge >= 0.3 is 0 Å². The number of ether oxygens (including phenoxy) is 3. The van der Waals surface area contributed by atoms with Crippen LogP contribution in [0, 0.1) is 22.7 Å². The Morgan fingerprint density at radius 1 is 0.906 bits per heavy atom. The Morgan fingerprint density at radius 3 is 2.28 bits per heavy atom. The number of aliphatic hydroxyl groups excluding tert-OH is 4. The fourth-order valence-electron chi connectivity index (χ4n) is 8.05. The minimum absolute atomic E-state index is 0.131. The van der Waals surface area contributed by atoms with Crippen molar-refractivity contribution in [2.45, 2.75) is 121 Å². The molecule has 0 aromatic carbocycles. The van der Waals surface area contributed by atoms with Gasteiger partial charge in [-0.25, -0.2) is 0 Å². The van der Waals surface area contributed by atoms with Gasteiger partial charge in [-0.15, -0.1) is 0 Å². The van der Waals surface area contributed by atoms with Crippen LogP contribution in [0.25, 0.3) is 0 Å². The van der Waals surface area contributed by atoms with Crippen LogP contribution in [0.1, 0.15) is 79.6 Å². The second kappa shape index (κ2) is 8.43. The molecule has 4 aliphatic rings. The highest BCUT2D eigenvalue weighted by atomic mass is 16.7. The molecule has 7 heteroatoms. The van der Waals surface area contributed by atoms with Gasteiger partial charge in [-0.1, -0.05) is 27.2 Å². The molecule has 2 heterocycles. The quantitative estimate of drug-likeness (QED) is 0.514. The number of aliphatic hydroxyl groups is 4. The van der Waals surface area contributed by atoms with Crippen molar-refractivity contribution in [3.8, 4) is 0 Å². The molecule has 7 nitrogen and oxygen atoms in total. The monoisotopic (exact) mass is 456 g/mol. The van der Waals surface area contributed by atoms with E-state index in [0.29, 0.717) is 17.3 Å². The molecule has 10 atom stereocenters. The van der Waals surface area contributed by atoms with E-state index in [1.54, 1.807) is 0 Å². The summed E-state index contributed by atoms with van der Waals surface area (Å²) in [5, 5.41) is 40.2. The van der Waals surface area contributed by atoms with Gasteiger partial charge in [0.25, 0.3) is 0 Å². The molecule has 2 aliphatic heterocycles. The van der Waals surface area contributed by atoms with E-state index in [1.165, 1.54) is 19.3 Å². The summed E-state index contributed by atoms with van der Waals surface area (Å²) in [7, 11) is 0. The highest BCUT2D eigenvalue weighted by molar-refractivity contribution is 5.11. The normalized spacial score (nSPS) is 52.0. The van der Waals surface area contributed by atoms with E-state index in [0.717, 1.165) is 25.7 Å². The molecule has 0 radical (unpaired) electrons. The van der Waals surface area contributed by atoms with E-state index < -0.39 is 36.3 Å². The molecule has 1 unspecified atom stereocenters. The second-order valence-electron chi connectivity index (χ2n) is 12.3. The van der Waals surface area contributed by atoms with Crippen LogP contribution in [-0.2, 0) is 14.2 Å². The molecule has 4 N–H and O–H groups in total. The van der Waals surface area contributed by atoms with Crippen LogP contribution in [0.5, 0.6) is 0 Å². The van der Waals surface area contributed by atoms with E-state index in [1.807, 2.05) is 6.92 Å². The van der Waals surface area contributed by atoms with Crippen LogP contribution in [0.4, 0.5) is 0 Å². The minimum atomic E-state index is -1.39. The third-order valence-corrected chi connectivity index (χ3v) is 9.73. The summed E-state index contributed by atoms with van der Waals surface area (Å²) < 4.78 is 18.3. The maximum absolute atomic E-state index is 10.3. The number of hydrogen-bond acceptors (Lipinski definition) is 7. The van der Waals surface area contributed by atoms with Crippen molar-refractivity contribution >= 4 is 0 Å². The average Bonchev–Trinajstić information content (AvgIpc) is 2.70. The Hall–Kier alpha value is -0.280. The summed E-state index contributed by atoms with van der Waals surface area (Å²) in [6.45, 7) is 11.1. The third kappa shape index (κ3) is 3.96. The van der Waals surface area contributed by atoms with Crippen LogP contribution in [0.2, 0.25) is 0 Å². The summed E-state index contributed by atoms with van der Waals surface area (Å²) in [5.41, 5.74) is -0.443. The van der Waals surface area contributed by atoms with Crippen molar-refractivity contribution in [2.24, 2.45) is 22.7 Å². The Kier molecular flexibility index (Phi) is 6.55. The molecule has 32 heavy (non-hydrogen) atoms. The fraction of sp³-hybridized carbons (Fsp3) is 1.00. The first-order chi connectivity index (χ1) is 14.9. The molecule has 4 fully saturated rings. The summed E-state index contributed by atoms with van der Waals surface area (Å²) >= 11 is 0. The zero-order chi connectivity index (χ0) is 23.5. The van der Waals surface area contributed by atoms with Crippen LogP contribution >= 0.6 is 0 Å². The molecule has 0 spiro atoms. The van der Waals surface area contributed by atoms with Crippen molar-refractivity contribution in [3.63, 3.8) is 0 Å². The standard InChI is InChI=1S/C25H44O7/c1-22(2)9-6-10-23(3)16(22)7-11-24(4)17(23)8-12-25(5,32-24)18(13-26)31-21-20(29)19(28)15(27)14-30-21/h15-21,26-29H,6-14H2,1-5H3/t15-,16+,17-,18?,19-,20+,21-,23+,24-,25+/m1/s1. The molecular weight excluding hydrogens is 412 g/mol. The first kappa shape index (κ1) is 24.8. The minimum Gasteiger partial charge on any atom is -0.394 e. The molecule has 2 saturated heterocycles. The SMILES string of the molecule is CC1(C)CCC[C@]2(C)[C@H]3CC[C@@](C)(C(CO)O[C@H]4OC[C@@H](O)[C@@H](O)[C@@H]4O)O[C@]3(C)CC[C@@H]12. The van der Waals surface area contributed by atoms with Gasteiger partial charge in [0.1, 0.15) is 24.4 Å². The topological polar surface area (TPSA) is 109 Å². The Morgan fingerprint density at radius 2 is 1.59 bits per heavy atom. The zero-order valence-corrected chi connectivity index (χ0v) is 20.4. The fourth-order valence-corrected chi connectivity index (χ4v) is 8.05. The van der Waals surface area contributed by atoms with E-state index in [4.69, 9.17) is 14.2 Å². The molecule has 186 valence electrons. The van der Waals surface area contributed by atoms with Gasteiger partial charge in [-0.2, -0.15) is 0 Å². The summed E-state index contributed by atoms with van der Waals surface area (Å²) in [6.07, 6.45) is 1.95. The highest BCUT2D eigenvalue weighted by Crippen LogP contribution is 2.65. The van der Waals surface area contributed by atoms with Gasteiger partial charge in [0.2, 0.25) is 0 Å². The third-order valence-electron chi connectivity index (χ3n) is 9.73. The summed E-state index contributed by atoms with van der Waals surface area (Å²) in [4.78, 5) is 0. The van der Waals surface area contributed by atoms with Crippen molar-refractivity contribution < 1.29 is 34.6 Å². The molecule has 2 saturated carbocycles. The predicted octanol–water partition coefficient (Wildman–Crippen LogP) is 2.37. The lowest BCUT2D eigenvalue weighted by molar-refractivity contribution is -0.333. The van der Waals surface area contributed by atoms with Gasteiger partial charge in [0.15, 0.2) is 6.29 Å². The summed E-state index contributed by atoms with van der Waals surface area (Å²) in [6, 6.07) is 0. The number of fused-ring (bicyclic) bond motifs is 3. The smallest absolute Gasteiger partial charge is 0.186 e. The molecule has 2 aliphatic carbocycles. The molecule has 0 aromatic heterocycles. The lowest BCUT2D eigenvalue weighted by Gasteiger charge is -2.65. The summed E-state index contributed by atoms with van der Waals surface area (Å²) in [5.74, 6) is 1.15. The van der Waals surface area contributed by atoms with Crippen LogP contribution in [0.15, 0.2) is 0 Å². The van der Waals surface area contributed by atoms with Crippen LogP contribution in [-0.4, -0.2) is 75.5 Å². The van der Waals surface area contributed by atoms with E-state index >= 15 is 0 Å². The first-order valence-corrected chi connectivity index (χ1v) is 12.5.